The third kappa shape index (κ3) is 4.15. The van der Waals surface area contributed by atoms with Gasteiger partial charge in [-0.3, -0.25) is 14.9 Å². The van der Waals surface area contributed by atoms with Crippen molar-refractivity contribution in [3.63, 3.8) is 0 Å². The van der Waals surface area contributed by atoms with Gasteiger partial charge in [-0.1, -0.05) is 19.1 Å². The van der Waals surface area contributed by atoms with Crippen LogP contribution in [0.1, 0.15) is 23.6 Å². The van der Waals surface area contributed by atoms with Gasteiger partial charge in [-0.05, 0) is 48.2 Å². The van der Waals surface area contributed by atoms with Crippen LogP contribution in [0.4, 0.5) is 5.69 Å². The maximum atomic E-state index is 11.5. The number of aromatic nitrogens is 1. The molecule has 0 saturated carbocycles. The number of aromatic amines is 1. The van der Waals surface area contributed by atoms with Gasteiger partial charge in [0.15, 0.2) is 0 Å². The van der Waals surface area contributed by atoms with Gasteiger partial charge >= 0.3 is 0 Å². The second-order valence-corrected chi connectivity index (χ2v) is 6.35. The third-order valence-electron chi connectivity index (χ3n) is 4.63. The minimum Gasteiger partial charge on any atom is -0.506 e. The summed E-state index contributed by atoms with van der Waals surface area (Å²) in [6.07, 6.45) is 1.45. The second kappa shape index (κ2) is 8.01. The van der Waals surface area contributed by atoms with Crippen molar-refractivity contribution in [1.29, 1.82) is 0 Å². The van der Waals surface area contributed by atoms with E-state index in [0.29, 0.717) is 18.6 Å². The number of pyridine rings is 1. The molecule has 7 nitrogen and oxygen atoms in total. The fraction of sp³-hybridized carbons (Fsp3) is 0.250. The molecule has 3 rings (SSSR count). The van der Waals surface area contributed by atoms with E-state index in [4.69, 9.17) is 0 Å². The van der Waals surface area contributed by atoms with E-state index in [9.17, 15) is 20.0 Å². The van der Waals surface area contributed by atoms with E-state index in [1.807, 2.05) is 13.0 Å². The number of phenolic OH excluding ortho intramolecular Hbond substituents is 1. The minimum absolute atomic E-state index is 0.0536. The van der Waals surface area contributed by atoms with E-state index in [-0.39, 0.29) is 21.9 Å². The summed E-state index contributed by atoms with van der Waals surface area (Å²) >= 11 is 0. The molecule has 1 aromatic heterocycles. The van der Waals surface area contributed by atoms with Gasteiger partial charge in [-0.25, -0.2) is 0 Å². The molecular formula is C20H21N3O4. The van der Waals surface area contributed by atoms with Gasteiger partial charge in [0.05, 0.1) is 10.4 Å². The SMILES string of the molecule is CCc1cc([N+](=O)[O-])ccc1CNCCc1ccc(O)c2[nH]c(=O)ccc12. The van der Waals surface area contributed by atoms with Crippen LogP contribution in [0.2, 0.25) is 0 Å². The monoisotopic (exact) mass is 367 g/mol. The van der Waals surface area contributed by atoms with Gasteiger partial charge in [0.2, 0.25) is 5.56 Å². The van der Waals surface area contributed by atoms with Gasteiger partial charge < -0.3 is 15.4 Å². The van der Waals surface area contributed by atoms with E-state index >= 15 is 0 Å². The van der Waals surface area contributed by atoms with Crippen LogP contribution in [0.5, 0.6) is 5.75 Å². The highest BCUT2D eigenvalue weighted by molar-refractivity contribution is 5.87. The van der Waals surface area contributed by atoms with Crippen LogP contribution in [0.25, 0.3) is 10.9 Å². The summed E-state index contributed by atoms with van der Waals surface area (Å²) in [5.41, 5.74) is 3.33. The predicted octanol–water partition coefficient (Wildman–Crippen LogP) is 3.04. The Bertz CT molecular complexity index is 1040. The molecule has 140 valence electrons. The van der Waals surface area contributed by atoms with Crippen LogP contribution in [0.15, 0.2) is 47.3 Å². The minimum atomic E-state index is -0.378. The lowest BCUT2D eigenvalue weighted by atomic mass is 10.0. The number of non-ortho nitro benzene ring substituents is 1. The van der Waals surface area contributed by atoms with Gasteiger partial charge in [0.1, 0.15) is 5.75 Å². The molecule has 0 radical (unpaired) electrons. The zero-order valence-corrected chi connectivity index (χ0v) is 15.0. The van der Waals surface area contributed by atoms with Crippen molar-refractivity contribution in [2.75, 3.05) is 6.54 Å². The zero-order valence-electron chi connectivity index (χ0n) is 15.0. The van der Waals surface area contributed by atoms with Crippen molar-refractivity contribution in [1.82, 2.24) is 10.3 Å². The fourth-order valence-electron chi connectivity index (χ4n) is 3.19. The number of hydrogen-bond acceptors (Lipinski definition) is 5. The molecule has 0 amide bonds. The first-order valence-corrected chi connectivity index (χ1v) is 8.80. The number of rotatable bonds is 7. The van der Waals surface area contributed by atoms with Gasteiger partial charge in [0.25, 0.3) is 5.69 Å². The first kappa shape index (κ1) is 18.6. The molecule has 0 aliphatic heterocycles. The molecule has 0 bridgehead atoms. The van der Waals surface area contributed by atoms with Crippen LogP contribution in [0, 0.1) is 10.1 Å². The van der Waals surface area contributed by atoms with Crippen molar-refractivity contribution in [2.24, 2.45) is 0 Å². The number of phenols is 1. The molecule has 0 aliphatic carbocycles. The highest BCUT2D eigenvalue weighted by Gasteiger charge is 2.10. The molecule has 3 aromatic rings. The number of benzene rings is 2. The van der Waals surface area contributed by atoms with E-state index in [2.05, 4.69) is 10.3 Å². The molecule has 1 heterocycles. The summed E-state index contributed by atoms with van der Waals surface area (Å²) in [4.78, 5) is 24.7. The smallest absolute Gasteiger partial charge is 0.269 e. The number of nitrogens with one attached hydrogen (secondary N) is 2. The Labute approximate surface area is 155 Å². The van der Waals surface area contributed by atoms with Crippen LogP contribution < -0.4 is 10.9 Å². The van der Waals surface area contributed by atoms with Crippen molar-refractivity contribution in [2.45, 2.75) is 26.3 Å². The summed E-state index contributed by atoms with van der Waals surface area (Å²) < 4.78 is 0. The maximum absolute atomic E-state index is 11.5. The van der Waals surface area contributed by atoms with E-state index in [1.165, 1.54) is 12.1 Å². The number of nitro groups is 1. The number of hydrogen-bond donors (Lipinski definition) is 3. The molecule has 7 heteroatoms. The van der Waals surface area contributed by atoms with E-state index in [1.54, 1.807) is 24.3 Å². The van der Waals surface area contributed by atoms with Crippen molar-refractivity contribution in [3.8, 4) is 5.75 Å². The lowest BCUT2D eigenvalue weighted by Crippen LogP contribution is -2.18. The molecule has 27 heavy (non-hydrogen) atoms. The summed E-state index contributed by atoms with van der Waals surface area (Å²) in [5, 5.41) is 25.0. The lowest BCUT2D eigenvalue weighted by Gasteiger charge is -2.11. The lowest BCUT2D eigenvalue weighted by molar-refractivity contribution is -0.384. The summed E-state index contributed by atoms with van der Waals surface area (Å²) in [5.74, 6) is 0.0536. The zero-order chi connectivity index (χ0) is 19.4. The largest absolute Gasteiger partial charge is 0.506 e. The molecule has 0 saturated heterocycles. The second-order valence-electron chi connectivity index (χ2n) is 6.35. The first-order chi connectivity index (χ1) is 13.0. The number of aromatic hydroxyl groups is 1. The number of H-pyrrole nitrogens is 1. The Kier molecular flexibility index (Phi) is 5.52. The highest BCUT2D eigenvalue weighted by atomic mass is 16.6. The van der Waals surface area contributed by atoms with Crippen LogP contribution in [-0.4, -0.2) is 21.6 Å². The molecule has 0 atom stereocenters. The molecule has 0 unspecified atom stereocenters. The maximum Gasteiger partial charge on any atom is 0.269 e. The Morgan fingerprint density at radius 2 is 1.89 bits per heavy atom. The van der Waals surface area contributed by atoms with E-state index in [0.717, 1.165) is 34.9 Å². The summed E-state index contributed by atoms with van der Waals surface area (Å²) in [6.45, 7) is 3.29. The average Bonchev–Trinajstić information content (AvgIpc) is 2.66. The molecule has 2 aromatic carbocycles. The van der Waals surface area contributed by atoms with Crippen LogP contribution in [0.3, 0.4) is 0 Å². The highest BCUT2D eigenvalue weighted by Crippen LogP contribution is 2.25. The van der Waals surface area contributed by atoms with E-state index < -0.39 is 0 Å². The number of nitrogens with zero attached hydrogens (tertiary/aromatic N) is 1. The normalized spacial score (nSPS) is 11.0. The molecular weight excluding hydrogens is 346 g/mol. The Morgan fingerprint density at radius 3 is 2.63 bits per heavy atom. The molecule has 3 N–H and O–H groups in total. The van der Waals surface area contributed by atoms with Gasteiger partial charge in [-0.15, -0.1) is 0 Å². The first-order valence-electron chi connectivity index (χ1n) is 8.80. The Morgan fingerprint density at radius 1 is 1.11 bits per heavy atom. The fourth-order valence-corrected chi connectivity index (χ4v) is 3.19. The summed E-state index contributed by atoms with van der Waals surface area (Å²) in [6, 6.07) is 11.5. The van der Waals surface area contributed by atoms with Crippen molar-refractivity contribution >= 4 is 16.6 Å². The van der Waals surface area contributed by atoms with Crippen molar-refractivity contribution < 1.29 is 10.0 Å². The standard InChI is InChI=1S/C20H21N3O4/c1-2-13-11-16(23(26)27)5-3-15(13)12-21-10-9-14-4-7-18(24)20-17(14)6-8-19(25)22-20/h3-8,11,21,24H,2,9-10,12H2,1H3,(H,22,25). The Hall–Kier alpha value is -3.19. The Balaban J connectivity index is 1.68. The van der Waals surface area contributed by atoms with Gasteiger partial charge in [0, 0.05) is 30.1 Å². The van der Waals surface area contributed by atoms with Gasteiger partial charge in [-0.2, -0.15) is 0 Å². The number of aryl methyl sites for hydroxylation is 1. The van der Waals surface area contributed by atoms with Crippen LogP contribution in [-0.2, 0) is 19.4 Å². The van der Waals surface area contributed by atoms with Crippen molar-refractivity contribution in [3.05, 3.63) is 79.6 Å². The molecule has 0 aliphatic rings. The third-order valence-corrected chi connectivity index (χ3v) is 4.63. The number of fused-ring (bicyclic) bond motifs is 1. The van der Waals surface area contributed by atoms with Crippen LogP contribution >= 0.6 is 0 Å². The number of nitro benzene ring substituents is 1. The topological polar surface area (TPSA) is 108 Å². The molecule has 0 spiro atoms. The summed E-state index contributed by atoms with van der Waals surface area (Å²) in [7, 11) is 0. The average molecular weight is 367 g/mol. The quantitative estimate of drug-likeness (QED) is 0.338. The molecule has 0 fully saturated rings. The predicted molar refractivity (Wildman–Crippen MR) is 104 cm³/mol.